The Morgan fingerprint density at radius 1 is 0.958 bits per heavy atom. The third-order valence-corrected chi connectivity index (χ3v) is 4.21. The predicted octanol–water partition coefficient (Wildman–Crippen LogP) is 1.61. The molecular weight excluding hydrogens is 516 g/mol. The minimum Gasteiger partial charge on any atom is -0.422 e. The summed E-state index contributed by atoms with van der Waals surface area (Å²) in [5, 5.41) is 25.0. The van der Waals surface area contributed by atoms with Gasteiger partial charge in [0, 0.05) is 4.47 Å². The zero-order valence-electron chi connectivity index (χ0n) is 12.2. The molecule has 0 atom stereocenters. The van der Waals surface area contributed by atoms with E-state index in [0.29, 0.717) is 5.75 Å². The van der Waals surface area contributed by atoms with Crippen molar-refractivity contribution in [1.29, 1.82) is 0 Å². The van der Waals surface area contributed by atoms with Crippen molar-refractivity contribution in [3.8, 4) is 11.8 Å². The Labute approximate surface area is 163 Å². The van der Waals surface area contributed by atoms with Crippen LogP contribution in [0.3, 0.4) is 0 Å². The smallest absolute Gasteiger partial charge is 0.325 e. The molecule has 132 valence electrons. The van der Waals surface area contributed by atoms with E-state index in [1.54, 1.807) is 0 Å². The van der Waals surface area contributed by atoms with Crippen LogP contribution >= 0.6 is 47.8 Å². The van der Waals surface area contributed by atoms with E-state index in [9.17, 15) is 0 Å². The van der Waals surface area contributed by atoms with E-state index < -0.39 is 25.4 Å². The van der Waals surface area contributed by atoms with Crippen molar-refractivity contribution in [2.75, 3.05) is 19.8 Å². The minimum absolute atomic E-state index is 0.249. The Bertz CT molecular complexity index is 613. The number of nitrogens with zero attached hydrogens (tertiary/aromatic N) is 3. The van der Waals surface area contributed by atoms with Crippen LogP contribution in [0.15, 0.2) is 38.2 Å². The van der Waals surface area contributed by atoms with Crippen LogP contribution in [0.4, 0.5) is 0 Å². The Hall–Kier alpha value is -0.690. The molecule has 2 aromatic rings. The molecule has 0 aliphatic carbocycles. The Morgan fingerprint density at radius 2 is 1.42 bits per heavy atom. The lowest BCUT2D eigenvalue weighted by Gasteiger charge is -2.20. The normalized spacial score (nSPS) is 10.8. The highest BCUT2D eigenvalue weighted by atomic mass is 79.9. The summed E-state index contributed by atoms with van der Waals surface area (Å²) in [6.45, 7) is -1.21. The van der Waals surface area contributed by atoms with Gasteiger partial charge in [0.25, 0.3) is 0 Å². The molecule has 0 unspecified atom stereocenters. The number of benzene rings is 1. The summed E-state index contributed by atoms with van der Waals surface area (Å²) in [4.78, 5) is 11.5. The van der Waals surface area contributed by atoms with Gasteiger partial charge in [0.1, 0.15) is 12.7 Å². The summed E-state index contributed by atoms with van der Waals surface area (Å²) >= 11 is 10.2. The molecule has 0 radical (unpaired) electrons. The second-order valence-electron chi connectivity index (χ2n) is 4.56. The summed E-state index contributed by atoms with van der Waals surface area (Å²) in [5.41, 5.74) is 3.94. The van der Waals surface area contributed by atoms with Crippen molar-refractivity contribution in [3.05, 3.63) is 38.2 Å². The maximum Gasteiger partial charge on any atom is 0.325 e. The monoisotopic (exact) mass is 528 g/mol. The lowest BCUT2D eigenvalue weighted by Crippen LogP contribution is -2.50. The second-order valence-corrected chi connectivity index (χ2v) is 7.18. The molecule has 8 nitrogen and oxygen atoms in total. The molecular formula is C13H15Br3N4O4. The first-order valence-electron chi connectivity index (χ1n) is 6.41. The van der Waals surface area contributed by atoms with Gasteiger partial charge < -0.3 is 25.8 Å². The van der Waals surface area contributed by atoms with E-state index in [1.807, 2.05) is 12.1 Å². The van der Waals surface area contributed by atoms with Crippen LogP contribution in [0.5, 0.6) is 11.8 Å². The lowest BCUT2D eigenvalue weighted by atomic mass is 10.1. The summed E-state index contributed by atoms with van der Waals surface area (Å²) in [7, 11) is 0. The summed E-state index contributed by atoms with van der Waals surface area (Å²) < 4.78 is 8.06. The van der Waals surface area contributed by atoms with Gasteiger partial charge in [-0.05, 0) is 44.0 Å². The fraction of sp³-hybridized carbons (Fsp3) is 0.308. The maximum absolute atomic E-state index is 8.34. The molecule has 5 N–H and O–H groups in total. The van der Waals surface area contributed by atoms with Crippen LogP contribution in [0.1, 0.15) is 0 Å². The third-order valence-electron chi connectivity index (χ3n) is 2.57. The molecule has 2 rings (SSSR count). The average molecular weight is 531 g/mol. The molecule has 1 aromatic heterocycles. The van der Waals surface area contributed by atoms with E-state index in [1.165, 1.54) is 12.7 Å². The average Bonchev–Trinajstić information content (AvgIpc) is 2.59. The predicted molar refractivity (Wildman–Crippen MR) is 97.6 cm³/mol. The minimum atomic E-state index is -1.21. The molecule has 0 amide bonds. The van der Waals surface area contributed by atoms with Gasteiger partial charge >= 0.3 is 6.01 Å². The zero-order chi connectivity index (χ0) is 18.2. The Morgan fingerprint density at radius 3 is 1.79 bits per heavy atom. The van der Waals surface area contributed by atoms with Crippen molar-refractivity contribution in [3.63, 3.8) is 0 Å². The SMILES string of the molecule is Brc1cc(Br)c(Oc2ncncn2)c(Br)c1.NC(CO)(CO)CO. The Balaban J connectivity index is 0.000000307. The molecule has 11 heteroatoms. The van der Waals surface area contributed by atoms with Gasteiger partial charge in [0.05, 0.1) is 34.3 Å². The van der Waals surface area contributed by atoms with Crippen LogP contribution < -0.4 is 10.5 Å². The number of hydrogen-bond acceptors (Lipinski definition) is 8. The standard InChI is InChI=1S/C9H4Br3N3O.C4H11NO3/c10-5-1-6(11)8(7(12)2-5)16-9-14-3-13-4-15-9;5-4(1-6,2-7)3-8/h1-4H;6-8H,1-3,5H2. The fourth-order valence-electron chi connectivity index (χ4n) is 1.15. The molecule has 0 fully saturated rings. The number of hydrogen-bond donors (Lipinski definition) is 4. The van der Waals surface area contributed by atoms with Crippen molar-refractivity contribution in [1.82, 2.24) is 15.0 Å². The number of halogens is 3. The number of nitrogens with two attached hydrogens (primary N) is 1. The third kappa shape index (κ3) is 6.67. The molecule has 24 heavy (non-hydrogen) atoms. The van der Waals surface area contributed by atoms with Crippen molar-refractivity contribution < 1.29 is 20.1 Å². The van der Waals surface area contributed by atoms with Gasteiger partial charge in [0.15, 0.2) is 5.75 Å². The Kier molecular flexibility index (Phi) is 9.19. The topological polar surface area (TPSA) is 135 Å². The molecule has 0 bridgehead atoms. The highest BCUT2D eigenvalue weighted by Gasteiger charge is 2.20. The number of aliphatic hydroxyl groups excluding tert-OH is 3. The van der Waals surface area contributed by atoms with Crippen LogP contribution in [-0.4, -0.2) is 55.6 Å². The molecule has 0 aliphatic rings. The first-order valence-corrected chi connectivity index (χ1v) is 8.79. The quantitative estimate of drug-likeness (QED) is 0.458. The van der Waals surface area contributed by atoms with Gasteiger partial charge in [-0.25, -0.2) is 4.98 Å². The largest absolute Gasteiger partial charge is 0.422 e. The fourth-order valence-corrected chi connectivity index (χ4v) is 3.57. The highest BCUT2D eigenvalue weighted by molar-refractivity contribution is 9.11. The molecule has 0 saturated heterocycles. The second kappa shape index (κ2) is 10.3. The van der Waals surface area contributed by atoms with Crippen molar-refractivity contribution in [2.45, 2.75) is 5.54 Å². The van der Waals surface area contributed by atoms with Gasteiger partial charge in [0.2, 0.25) is 0 Å². The molecule has 0 aliphatic heterocycles. The lowest BCUT2D eigenvalue weighted by molar-refractivity contribution is 0.0698. The molecule has 0 saturated carbocycles. The first kappa shape index (κ1) is 21.4. The number of ether oxygens (including phenoxy) is 1. The number of aliphatic hydroxyl groups is 3. The van der Waals surface area contributed by atoms with Crippen LogP contribution in [0, 0.1) is 0 Å². The van der Waals surface area contributed by atoms with Gasteiger partial charge in [-0.15, -0.1) is 0 Å². The molecule has 1 heterocycles. The van der Waals surface area contributed by atoms with Crippen molar-refractivity contribution >= 4 is 47.8 Å². The van der Waals surface area contributed by atoms with E-state index in [4.69, 9.17) is 25.8 Å². The summed E-state index contributed by atoms with van der Waals surface area (Å²) in [6.07, 6.45) is 2.76. The zero-order valence-corrected chi connectivity index (χ0v) is 17.0. The van der Waals surface area contributed by atoms with E-state index >= 15 is 0 Å². The van der Waals surface area contributed by atoms with Gasteiger partial charge in [-0.1, -0.05) is 15.9 Å². The van der Waals surface area contributed by atoms with Crippen LogP contribution in [-0.2, 0) is 0 Å². The molecule has 0 spiro atoms. The van der Waals surface area contributed by atoms with E-state index in [-0.39, 0.29) is 6.01 Å². The molecule has 1 aromatic carbocycles. The van der Waals surface area contributed by atoms with Crippen LogP contribution in [0.25, 0.3) is 0 Å². The van der Waals surface area contributed by atoms with Crippen molar-refractivity contribution in [2.24, 2.45) is 5.73 Å². The maximum atomic E-state index is 8.34. The summed E-state index contributed by atoms with van der Waals surface area (Å²) in [5.74, 6) is 0.620. The van der Waals surface area contributed by atoms with E-state index in [2.05, 4.69) is 62.7 Å². The number of aromatic nitrogens is 3. The van der Waals surface area contributed by atoms with Crippen LogP contribution in [0.2, 0.25) is 0 Å². The highest BCUT2D eigenvalue weighted by Crippen LogP contribution is 2.38. The van der Waals surface area contributed by atoms with Gasteiger partial charge in [-0.3, -0.25) is 0 Å². The summed E-state index contributed by atoms with van der Waals surface area (Å²) in [6, 6.07) is 4.00. The number of rotatable bonds is 5. The van der Waals surface area contributed by atoms with Gasteiger partial charge in [-0.2, -0.15) is 9.97 Å². The van der Waals surface area contributed by atoms with E-state index in [0.717, 1.165) is 13.4 Å². The first-order chi connectivity index (χ1) is 11.3.